The Hall–Kier alpha value is -2.84. The molecule has 29 heavy (non-hydrogen) atoms. The highest BCUT2D eigenvalue weighted by Gasteiger charge is 2.23. The van der Waals surface area contributed by atoms with Crippen LogP contribution < -0.4 is 11.2 Å². The molecule has 4 rings (SSSR count). The van der Waals surface area contributed by atoms with Gasteiger partial charge in [0.25, 0.3) is 5.56 Å². The van der Waals surface area contributed by atoms with E-state index in [1.165, 1.54) is 4.57 Å². The number of nitrogens with zero attached hydrogens (tertiary/aromatic N) is 5. The molecule has 8 nitrogen and oxygen atoms in total. The summed E-state index contributed by atoms with van der Waals surface area (Å²) in [4.78, 5) is 30.5. The highest BCUT2D eigenvalue weighted by Crippen LogP contribution is 2.27. The summed E-state index contributed by atoms with van der Waals surface area (Å²) in [6.45, 7) is 5.91. The fourth-order valence-electron chi connectivity index (χ4n) is 3.79. The third-order valence-corrected chi connectivity index (χ3v) is 5.71. The Kier molecular flexibility index (Phi) is 4.63. The highest BCUT2D eigenvalue weighted by molar-refractivity contribution is 6.30. The molecule has 0 saturated carbocycles. The summed E-state index contributed by atoms with van der Waals surface area (Å²) in [5.41, 5.74) is 3.47. The standard InChI is InChI=1S/C20H22ClN5O3/c1-11-6-7-14(21)10-15(11)25-12(2)13(3)26-16-17(22-19(25)26)23(4)20(29)24(18(16)28)8-5-9-27/h6-7,10,27H,5,8-9H2,1-4H3. The number of hydrogen-bond donors (Lipinski definition) is 1. The fraction of sp³-hybridized carbons (Fsp3) is 0.350. The number of imidazole rings is 2. The predicted octanol–water partition coefficient (Wildman–Crippen LogP) is 2.10. The largest absolute Gasteiger partial charge is 0.396 e. The Morgan fingerprint density at radius 2 is 1.86 bits per heavy atom. The molecule has 3 aromatic heterocycles. The Labute approximate surface area is 171 Å². The minimum atomic E-state index is -0.448. The molecule has 1 aromatic carbocycles. The quantitative estimate of drug-likeness (QED) is 0.553. The molecule has 0 fully saturated rings. The van der Waals surface area contributed by atoms with E-state index in [9.17, 15) is 9.59 Å². The van der Waals surface area contributed by atoms with Gasteiger partial charge < -0.3 is 5.11 Å². The first kappa shape index (κ1) is 19.5. The van der Waals surface area contributed by atoms with Gasteiger partial charge in [0.15, 0.2) is 11.2 Å². The zero-order valence-corrected chi connectivity index (χ0v) is 17.5. The van der Waals surface area contributed by atoms with Gasteiger partial charge in [-0.3, -0.25) is 22.9 Å². The second-order valence-electron chi connectivity index (χ2n) is 7.23. The molecule has 152 valence electrons. The van der Waals surface area contributed by atoms with E-state index in [-0.39, 0.29) is 13.2 Å². The highest BCUT2D eigenvalue weighted by atomic mass is 35.5. The predicted molar refractivity (Wildman–Crippen MR) is 112 cm³/mol. The molecule has 0 atom stereocenters. The second-order valence-corrected chi connectivity index (χ2v) is 7.67. The van der Waals surface area contributed by atoms with Gasteiger partial charge in [-0.2, -0.15) is 4.98 Å². The summed E-state index contributed by atoms with van der Waals surface area (Å²) in [5, 5.41) is 9.73. The number of rotatable bonds is 4. The van der Waals surface area contributed by atoms with Gasteiger partial charge >= 0.3 is 5.69 Å². The summed E-state index contributed by atoms with van der Waals surface area (Å²) in [5.74, 6) is 0.548. The van der Waals surface area contributed by atoms with Gasteiger partial charge in [0, 0.05) is 36.6 Å². The number of hydrogen-bond acceptors (Lipinski definition) is 4. The van der Waals surface area contributed by atoms with Crippen LogP contribution in [0.5, 0.6) is 0 Å². The van der Waals surface area contributed by atoms with Crippen molar-refractivity contribution >= 4 is 28.5 Å². The van der Waals surface area contributed by atoms with Crippen molar-refractivity contribution < 1.29 is 5.11 Å². The molecule has 4 aromatic rings. The lowest BCUT2D eigenvalue weighted by Gasteiger charge is -2.10. The number of halogens is 1. The molecule has 0 unspecified atom stereocenters. The molecule has 0 bridgehead atoms. The second kappa shape index (κ2) is 6.89. The smallest absolute Gasteiger partial charge is 0.332 e. The summed E-state index contributed by atoms with van der Waals surface area (Å²) in [7, 11) is 1.60. The van der Waals surface area contributed by atoms with E-state index in [1.807, 2.05) is 43.5 Å². The summed E-state index contributed by atoms with van der Waals surface area (Å²) >= 11 is 6.24. The van der Waals surface area contributed by atoms with Crippen molar-refractivity contribution in [1.82, 2.24) is 23.1 Å². The summed E-state index contributed by atoms with van der Waals surface area (Å²) < 4.78 is 6.29. The molecule has 3 heterocycles. The number of benzene rings is 1. The van der Waals surface area contributed by atoms with Crippen LogP contribution in [-0.4, -0.2) is 34.8 Å². The van der Waals surface area contributed by atoms with Gasteiger partial charge in [-0.1, -0.05) is 17.7 Å². The van der Waals surface area contributed by atoms with Crippen molar-refractivity contribution in [3.05, 3.63) is 61.0 Å². The topological polar surface area (TPSA) is 86.5 Å². The van der Waals surface area contributed by atoms with E-state index in [0.29, 0.717) is 28.4 Å². The van der Waals surface area contributed by atoms with Gasteiger partial charge in [0.1, 0.15) is 0 Å². The Morgan fingerprint density at radius 3 is 2.55 bits per heavy atom. The van der Waals surface area contributed by atoms with Gasteiger partial charge in [-0.25, -0.2) is 4.79 Å². The lowest BCUT2D eigenvalue weighted by atomic mass is 10.2. The van der Waals surface area contributed by atoms with Crippen molar-refractivity contribution in [3.63, 3.8) is 0 Å². The molecule has 0 aliphatic heterocycles. The lowest BCUT2D eigenvalue weighted by Crippen LogP contribution is -2.39. The van der Waals surface area contributed by atoms with E-state index in [1.54, 1.807) is 11.4 Å². The number of fused-ring (bicyclic) bond motifs is 3. The van der Waals surface area contributed by atoms with E-state index in [4.69, 9.17) is 16.7 Å². The van der Waals surface area contributed by atoms with Gasteiger partial charge in [-0.05, 0) is 44.9 Å². The maximum atomic E-state index is 13.2. The van der Waals surface area contributed by atoms with Crippen molar-refractivity contribution in [1.29, 1.82) is 0 Å². The zero-order valence-electron chi connectivity index (χ0n) is 16.7. The van der Waals surface area contributed by atoms with Crippen molar-refractivity contribution in [2.24, 2.45) is 7.05 Å². The van der Waals surface area contributed by atoms with E-state index in [0.717, 1.165) is 27.2 Å². The molecule has 1 N–H and O–H groups in total. The summed E-state index contributed by atoms with van der Waals surface area (Å²) in [6.07, 6.45) is 0.323. The average Bonchev–Trinajstić information content (AvgIpc) is 3.18. The van der Waals surface area contributed by atoms with E-state index in [2.05, 4.69) is 4.98 Å². The third kappa shape index (κ3) is 2.74. The van der Waals surface area contributed by atoms with E-state index >= 15 is 0 Å². The Morgan fingerprint density at radius 1 is 1.14 bits per heavy atom. The normalized spacial score (nSPS) is 11.8. The molecule has 0 spiro atoms. The molecular weight excluding hydrogens is 394 g/mol. The Bertz CT molecular complexity index is 1390. The SMILES string of the molecule is Cc1ccc(Cl)cc1-n1c(C)c(C)n2c3c(=O)n(CCCO)c(=O)n(C)c3nc12. The van der Waals surface area contributed by atoms with Crippen LogP contribution >= 0.6 is 11.6 Å². The number of aromatic nitrogens is 5. The van der Waals surface area contributed by atoms with Crippen LogP contribution in [0.3, 0.4) is 0 Å². The number of aryl methyl sites for hydroxylation is 3. The maximum Gasteiger partial charge on any atom is 0.332 e. The van der Waals surface area contributed by atoms with Crippen LogP contribution in [0, 0.1) is 20.8 Å². The van der Waals surface area contributed by atoms with Crippen LogP contribution in [0.1, 0.15) is 23.4 Å². The van der Waals surface area contributed by atoms with Crippen molar-refractivity contribution in [2.75, 3.05) is 6.61 Å². The van der Waals surface area contributed by atoms with Crippen LogP contribution in [0.2, 0.25) is 5.02 Å². The van der Waals surface area contributed by atoms with Crippen molar-refractivity contribution in [2.45, 2.75) is 33.7 Å². The first-order chi connectivity index (χ1) is 13.8. The minimum absolute atomic E-state index is 0.0992. The van der Waals surface area contributed by atoms with Gasteiger partial charge in [-0.15, -0.1) is 0 Å². The van der Waals surface area contributed by atoms with Crippen LogP contribution in [0.25, 0.3) is 22.6 Å². The van der Waals surface area contributed by atoms with Crippen molar-refractivity contribution in [3.8, 4) is 5.69 Å². The molecule has 0 aliphatic carbocycles. The Balaban J connectivity index is 2.17. The fourth-order valence-corrected chi connectivity index (χ4v) is 3.95. The molecule has 0 amide bonds. The summed E-state index contributed by atoms with van der Waals surface area (Å²) in [6, 6.07) is 5.62. The molecule has 0 aliphatic rings. The molecule has 9 heteroatoms. The first-order valence-corrected chi connectivity index (χ1v) is 9.73. The van der Waals surface area contributed by atoms with Crippen LogP contribution in [0.15, 0.2) is 27.8 Å². The number of aliphatic hydroxyl groups excluding tert-OH is 1. The van der Waals surface area contributed by atoms with Crippen LogP contribution in [-0.2, 0) is 13.6 Å². The lowest BCUT2D eigenvalue weighted by molar-refractivity contribution is 0.277. The molecule has 0 radical (unpaired) electrons. The van der Waals surface area contributed by atoms with Crippen LogP contribution in [0.4, 0.5) is 0 Å². The maximum absolute atomic E-state index is 13.2. The minimum Gasteiger partial charge on any atom is -0.396 e. The average molecular weight is 416 g/mol. The van der Waals surface area contributed by atoms with Gasteiger partial charge in [0.05, 0.1) is 5.69 Å². The molecular formula is C20H22ClN5O3. The zero-order chi connectivity index (χ0) is 21.0. The molecule has 0 saturated heterocycles. The monoisotopic (exact) mass is 415 g/mol. The van der Waals surface area contributed by atoms with Gasteiger partial charge in [0.2, 0.25) is 5.78 Å². The first-order valence-electron chi connectivity index (χ1n) is 9.35. The third-order valence-electron chi connectivity index (χ3n) is 5.47. The van der Waals surface area contributed by atoms with E-state index < -0.39 is 11.2 Å². The number of aliphatic hydroxyl groups is 1.